The van der Waals surface area contributed by atoms with Crippen LogP contribution in [-0.4, -0.2) is 51.9 Å². The van der Waals surface area contributed by atoms with Crippen LogP contribution in [-0.2, 0) is 4.79 Å². The second-order valence-corrected chi connectivity index (χ2v) is 6.06. The van der Waals surface area contributed by atoms with Gasteiger partial charge in [-0.1, -0.05) is 6.92 Å². The number of piperidine rings is 1. The molecule has 0 saturated carbocycles. The van der Waals surface area contributed by atoms with Crippen LogP contribution in [0.3, 0.4) is 0 Å². The molecule has 120 valence electrons. The summed E-state index contributed by atoms with van der Waals surface area (Å²) in [4.78, 5) is 40.2. The van der Waals surface area contributed by atoms with Crippen LogP contribution in [0, 0.1) is 0 Å². The zero-order chi connectivity index (χ0) is 15.7. The number of rotatable bonds is 3. The molecule has 7 nitrogen and oxygen atoms in total. The molecule has 2 saturated heterocycles. The Kier molecular flexibility index (Phi) is 3.80. The first-order chi connectivity index (χ1) is 10.6. The largest absolute Gasteiger partial charge is 0.373 e. The van der Waals surface area contributed by atoms with Gasteiger partial charge in [-0.15, -0.1) is 0 Å². The SMILES string of the molecule is CCCN1CCCC2(CCCN2C(=O)c2cc(=O)[nH]o2)C1=O. The number of carbonyl (C=O) groups is 2. The highest BCUT2D eigenvalue weighted by Gasteiger charge is 2.53. The lowest BCUT2D eigenvalue weighted by Gasteiger charge is -2.44. The van der Waals surface area contributed by atoms with Gasteiger partial charge < -0.3 is 14.3 Å². The van der Waals surface area contributed by atoms with Crippen LogP contribution in [0.25, 0.3) is 0 Å². The van der Waals surface area contributed by atoms with Gasteiger partial charge in [0.2, 0.25) is 11.7 Å². The van der Waals surface area contributed by atoms with E-state index in [0.29, 0.717) is 19.4 Å². The van der Waals surface area contributed by atoms with Crippen molar-refractivity contribution in [2.75, 3.05) is 19.6 Å². The Labute approximate surface area is 128 Å². The average Bonchev–Trinajstić information content (AvgIpc) is 3.11. The Morgan fingerprint density at radius 2 is 2.05 bits per heavy atom. The van der Waals surface area contributed by atoms with E-state index in [9.17, 15) is 14.4 Å². The van der Waals surface area contributed by atoms with E-state index in [1.54, 1.807) is 4.90 Å². The molecule has 2 aliphatic rings. The maximum atomic E-state index is 12.9. The lowest BCUT2D eigenvalue weighted by atomic mass is 9.85. The fraction of sp³-hybridized carbons (Fsp3) is 0.667. The van der Waals surface area contributed by atoms with Gasteiger partial charge in [0.1, 0.15) is 5.54 Å². The van der Waals surface area contributed by atoms with Crippen LogP contribution < -0.4 is 5.56 Å². The summed E-state index contributed by atoms with van der Waals surface area (Å²) in [5.41, 5.74) is -1.19. The summed E-state index contributed by atoms with van der Waals surface area (Å²) < 4.78 is 4.93. The highest BCUT2D eigenvalue weighted by Crippen LogP contribution is 2.39. The molecule has 2 amide bonds. The molecule has 1 spiro atoms. The fourth-order valence-electron chi connectivity index (χ4n) is 3.73. The number of nitrogens with one attached hydrogen (secondary N) is 1. The summed E-state index contributed by atoms with van der Waals surface area (Å²) in [5, 5.41) is 2.13. The summed E-state index contributed by atoms with van der Waals surface area (Å²) in [6, 6.07) is 1.14. The van der Waals surface area contributed by atoms with Crippen molar-refractivity contribution in [1.82, 2.24) is 15.0 Å². The number of H-pyrrole nitrogens is 1. The van der Waals surface area contributed by atoms with Crippen molar-refractivity contribution in [2.45, 2.75) is 44.6 Å². The van der Waals surface area contributed by atoms with Gasteiger partial charge in [0.05, 0.1) is 6.07 Å². The minimum atomic E-state index is -0.750. The Hall–Kier alpha value is -2.05. The normalized spacial score (nSPS) is 25.2. The zero-order valence-electron chi connectivity index (χ0n) is 12.8. The van der Waals surface area contributed by atoms with E-state index in [4.69, 9.17) is 4.52 Å². The quantitative estimate of drug-likeness (QED) is 0.901. The number of aromatic amines is 1. The molecular formula is C15H21N3O4. The van der Waals surface area contributed by atoms with E-state index >= 15 is 0 Å². The van der Waals surface area contributed by atoms with Crippen molar-refractivity contribution in [2.24, 2.45) is 0 Å². The first-order valence-corrected chi connectivity index (χ1v) is 7.88. The molecule has 1 atom stereocenters. The molecule has 0 bridgehead atoms. The number of likely N-dealkylation sites (tertiary alicyclic amines) is 2. The fourth-order valence-corrected chi connectivity index (χ4v) is 3.73. The molecule has 0 aliphatic carbocycles. The standard InChI is InChI=1S/C15H21N3O4/c1-2-7-17-8-3-5-15(14(17)21)6-4-9-18(15)13(20)11-10-12(19)16-22-11/h10H,2-9H2,1H3,(H,16,19). The van der Waals surface area contributed by atoms with E-state index in [0.717, 1.165) is 38.4 Å². The van der Waals surface area contributed by atoms with Gasteiger partial charge >= 0.3 is 0 Å². The number of nitrogens with zero attached hydrogens (tertiary/aromatic N) is 2. The van der Waals surface area contributed by atoms with Crippen molar-refractivity contribution in [1.29, 1.82) is 0 Å². The average molecular weight is 307 g/mol. The lowest BCUT2D eigenvalue weighted by Crippen LogP contribution is -2.61. The zero-order valence-corrected chi connectivity index (χ0v) is 12.8. The third-order valence-corrected chi connectivity index (χ3v) is 4.67. The molecule has 7 heteroatoms. The molecule has 3 heterocycles. The molecule has 1 N–H and O–H groups in total. The van der Waals surface area contributed by atoms with Crippen LogP contribution in [0.15, 0.2) is 15.4 Å². The Bertz CT molecular complexity index is 633. The smallest absolute Gasteiger partial charge is 0.293 e. The van der Waals surface area contributed by atoms with Gasteiger partial charge in [-0.3, -0.25) is 14.4 Å². The summed E-state index contributed by atoms with van der Waals surface area (Å²) >= 11 is 0. The van der Waals surface area contributed by atoms with E-state index in [-0.39, 0.29) is 17.6 Å². The molecule has 22 heavy (non-hydrogen) atoms. The van der Waals surface area contributed by atoms with E-state index in [1.165, 1.54) is 0 Å². The van der Waals surface area contributed by atoms with Gasteiger partial charge in [0.15, 0.2) is 0 Å². The van der Waals surface area contributed by atoms with Crippen LogP contribution >= 0.6 is 0 Å². The van der Waals surface area contributed by atoms with Gasteiger partial charge in [-0.25, -0.2) is 0 Å². The Morgan fingerprint density at radius 1 is 1.32 bits per heavy atom. The molecule has 2 aliphatic heterocycles. The van der Waals surface area contributed by atoms with Crippen molar-refractivity contribution in [3.63, 3.8) is 0 Å². The van der Waals surface area contributed by atoms with Gasteiger partial charge in [0.25, 0.3) is 11.5 Å². The molecular weight excluding hydrogens is 286 g/mol. The lowest BCUT2D eigenvalue weighted by molar-refractivity contribution is -0.145. The predicted molar refractivity (Wildman–Crippen MR) is 78.4 cm³/mol. The minimum Gasteiger partial charge on any atom is -0.373 e. The minimum absolute atomic E-state index is 0.0216. The van der Waals surface area contributed by atoms with Gasteiger partial charge in [-0.2, -0.15) is 5.16 Å². The molecule has 2 fully saturated rings. The van der Waals surface area contributed by atoms with Crippen LogP contribution in [0.4, 0.5) is 0 Å². The maximum absolute atomic E-state index is 12.9. The van der Waals surface area contributed by atoms with Crippen molar-refractivity contribution in [3.05, 3.63) is 22.2 Å². The van der Waals surface area contributed by atoms with Crippen LogP contribution in [0.2, 0.25) is 0 Å². The number of hydrogen-bond donors (Lipinski definition) is 1. The van der Waals surface area contributed by atoms with E-state index in [1.807, 2.05) is 11.8 Å². The molecule has 0 aromatic carbocycles. The third kappa shape index (κ3) is 2.24. The first-order valence-electron chi connectivity index (χ1n) is 7.88. The highest BCUT2D eigenvalue weighted by atomic mass is 16.5. The van der Waals surface area contributed by atoms with E-state index in [2.05, 4.69) is 5.16 Å². The van der Waals surface area contributed by atoms with Gasteiger partial charge in [-0.05, 0) is 32.1 Å². The predicted octanol–water partition coefficient (Wildman–Crippen LogP) is 0.975. The summed E-state index contributed by atoms with van der Waals surface area (Å²) in [7, 11) is 0. The van der Waals surface area contributed by atoms with Crippen molar-refractivity contribution in [3.8, 4) is 0 Å². The molecule has 1 aromatic rings. The summed E-state index contributed by atoms with van der Waals surface area (Å²) in [6.45, 7) is 4.05. The van der Waals surface area contributed by atoms with Crippen LogP contribution in [0.1, 0.15) is 49.6 Å². The molecule has 1 aromatic heterocycles. The number of hydrogen-bond acceptors (Lipinski definition) is 4. The molecule has 1 unspecified atom stereocenters. The molecule has 3 rings (SSSR count). The first kappa shape index (κ1) is 14.9. The molecule has 0 radical (unpaired) electrons. The number of carbonyl (C=O) groups excluding carboxylic acids is 2. The number of amides is 2. The van der Waals surface area contributed by atoms with Crippen molar-refractivity contribution < 1.29 is 14.1 Å². The van der Waals surface area contributed by atoms with Gasteiger partial charge in [0, 0.05) is 19.6 Å². The number of aromatic nitrogens is 1. The maximum Gasteiger partial charge on any atom is 0.293 e. The Morgan fingerprint density at radius 3 is 2.68 bits per heavy atom. The monoisotopic (exact) mass is 307 g/mol. The Balaban J connectivity index is 1.89. The summed E-state index contributed by atoms with van der Waals surface area (Å²) in [5.74, 6) is -0.349. The highest BCUT2D eigenvalue weighted by molar-refractivity contribution is 5.98. The second-order valence-electron chi connectivity index (χ2n) is 6.06. The van der Waals surface area contributed by atoms with E-state index < -0.39 is 11.1 Å². The third-order valence-electron chi connectivity index (χ3n) is 4.67. The second kappa shape index (κ2) is 5.62. The topological polar surface area (TPSA) is 86.6 Å². The summed E-state index contributed by atoms with van der Waals surface area (Å²) in [6.07, 6.45) is 3.97. The van der Waals surface area contributed by atoms with Crippen LogP contribution in [0.5, 0.6) is 0 Å². The van der Waals surface area contributed by atoms with Crippen molar-refractivity contribution >= 4 is 11.8 Å².